The van der Waals surface area contributed by atoms with Crippen LogP contribution in [-0.4, -0.2) is 28.9 Å². The number of aromatic nitrogens is 1. The zero-order valence-corrected chi connectivity index (χ0v) is 15.7. The van der Waals surface area contributed by atoms with Crippen molar-refractivity contribution in [1.82, 2.24) is 15.2 Å². The van der Waals surface area contributed by atoms with Crippen LogP contribution in [0.25, 0.3) is 0 Å². The Kier molecular flexibility index (Phi) is 5.64. The molecule has 5 nitrogen and oxygen atoms in total. The molecule has 142 valence electrons. The highest BCUT2D eigenvalue weighted by molar-refractivity contribution is 5.94. The molecule has 0 saturated carbocycles. The van der Waals surface area contributed by atoms with Crippen molar-refractivity contribution < 1.29 is 9.53 Å². The van der Waals surface area contributed by atoms with Gasteiger partial charge in [0.2, 0.25) is 0 Å². The third-order valence-electron chi connectivity index (χ3n) is 4.79. The molecule has 0 aliphatic carbocycles. The van der Waals surface area contributed by atoms with Gasteiger partial charge in [0.15, 0.2) is 0 Å². The maximum atomic E-state index is 12.6. The molecule has 4 rings (SSSR count). The molecule has 0 bridgehead atoms. The summed E-state index contributed by atoms with van der Waals surface area (Å²) in [7, 11) is 0. The molecular formula is C23H23N3O2. The quantitative estimate of drug-likeness (QED) is 0.745. The number of hydrogen-bond donors (Lipinski definition) is 1. The monoisotopic (exact) mass is 373 g/mol. The van der Waals surface area contributed by atoms with Crippen molar-refractivity contribution in [1.29, 1.82) is 0 Å². The second kappa shape index (κ2) is 8.67. The lowest BCUT2D eigenvalue weighted by atomic mass is 10.1. The molecule has 1 N–H and O–H groups in total. The number of pyridine rings is 1. The Bertz CT molecular complexity index is 929. The maximum absolute atomic E-state index is 12.6. The predicted octanol–water partition coefficient (Wildman–Crippen LogP) is 3.41. The van der Waals surface area contributed by atoms with Crippen LogP contribution in [0.2, 0.25) is 0 Å². The Hall–Kier alpha value is -3.18. The summed E-state index contributed by atoms with van der Waals surface area (Å²) in [5.74, 6) is 0.773. The Morgan fingerprint density at radius 3 is 2.75 bits per heavy atom. The molecule has 0 saturated heterocycles. The zero-order chi connectivity index (χ0) is 19.2. The molecular weight excluding hydrogens is 350 g/mol. The summed E-state index contributed by atoms with van der Waals surface area (Å²) < 4.78 is 5.89. The van der Waals surface area contributed by atoms with Gasteiger partial charge in [-0.15, -0.1) is 0 Å². The number of nitrogens with zero attached hydrogens (tertiary/aromatic N) is 2. The number of nitrogens with one attached hydrogen (secondary N) is 1. The van der Waals surface area contributed by atoms with Gasteiger partial charge in [0.25, 0.3) is 5.91 Å². The third kappa shape index (κ3) is 4.56. The highest BCUT2D eigenvalue weighted by atomic mass is 16.5. The summed E-state index contributed by atoms with van der Waals surface area (Å²) >= 11 is 0. The van der Waals surface area contributed by atoms with Gasteiger partial charge in [0.1, 0.15) is 12.4 Å². The van der Waals surface area contributed by atoms with Crippen molar-refractivity contribution in [2.45, 2.75) is 19.6 Å². The van der Waals surface area contributed by atoms with Gasteiger partial charge in [-0.25, -0.2) is 0 Å². The minimum atomic E-state index is -0.0767. The van der Waals surface area contributed by atoms with Crippen molar-refractivity contribution in [2.75, 3.05) is 13.2 Å². The van der Waals surface area contributed by atoms with E-state index in [0.29, 0.717) is 18.7 Å². The zero-order valence-electron chi connectivity index (χ0n) is 15.7. The lowest BCUT2D eigenvalue weighted by molar-refractivity contribution is 0.0950. The van der Waals surface area contributed by atoms with E-state index in [1.807, 2.05) is 72.9 Å². The molecule has 3 aromatic rings. The normalized spacial score (nSPS) is 13.9. The van der Waals surface area contributed by atoms with Gasteiger partial charge in [0, 0.05) is 43.5 Å². The first-order chi connectivity index (χ1) is 13.8. The predicted molar refractivity (Wildman–Crippen MR) is 108 cm³/mol. The molecule has 1 aliphatic heterocycles. The summed E-state index contributed by atoms with van der Waals surface area (Å²) in [6.45, 7) is 3.44. The molecule has 0 radical (unpaired) electrons. The fourth-order valence-corrected chi connectivity index (χ4v) is 3.33. The number of fused-ring (bicyclic) bond motifs is 1. The first kappa shape index (κ1) is 18.2. The van der Waals surface area contributed by atoms with Crippen molar-refractivity contribution in [3.8, 4) is 5.75 Å². The lowest BCUT2D eigenvalue weighted by Gasteiger charge is -2.18. The van der Waals surface area contributed by atoms with E-state index in [0.717, 1.165) is 42.2 Å². The number of hydrogen-bond acceptors (Lipinski definition) is 4. The summed E-state index contributed by atoms with van der Waals surface area (Å²) in [4.78, 5) is 19.3. The fraction of sp³-hybridized carbons (Fsp3) is 0.217. The summed E-state index contributed by atoms with van der Waals surface area (Å²) in [6.07, 6.45) is 1.81. The maximum Gasteiger partial charge on any atom is 0.251 e. The minimum absolute atomic E-state index is 0.0767. The number of ether oxygens (including phenoxy) is 1. The van der Waals surface area contributed by atoms with Crippen molar-refractivity contribution in [3.05, 3.63) is 95.3 Å². The van der Waals surface area contributed by atoms with Crippen molar-refractivity contribution >= 4 is 5.91 Å². The molecule has 0 fully saturated rings. The van der Waals surface area contributed by atoms with Crippen LogP contribution in [0.3, 0.4) is 0 Å². The number of carbonyl (C=O) groups is 1. The standard InChI is InChI=1S/C23H23N3O2/c27-23(25-15-18-6-2-1-3-7-18)19-9-10-22-20(14-19)16-26(12-13-28-22)17-21-8-4-5-11-24-21/h1-11,14H,12-13,15-17H2,(H,25,27). The van der Waals surface area contributed by atoms with Gasteiger partial charge in [-0.1, -0.05) is 36.4 Å². The van der Waals surface area contributed by atoms with Gasteiger partial charge in [0.05, 0.1) is 5.69 Å². The SMILES string of the molecule is O=C(NCc1ccccc1)c1ccc2c(c1)CN(Cc1ccccn1)CCO2. The van der Waals surface area contributed by atoms with E-state index in [-0.39, 0.29) is 5.91 Å². The third-order valence-corrected chi connectivity index (χ3v) is 4.79. The van der Waals surface area contributed by atoms with Crippen LogP contribution in [0.5, 0.6) is 5.75 Å². The van der Waals surface area contributed by atoms with Crippen LogP contribution in [0.4, 0.5) is 0 Å². The fourth-order valence-electron chi connectivity index (χ4n) is 3.33. The van der Waals surface area contributed by atoms with Gasteiger partial charge in [-0.3, -0.25) is 14.7 Å². The molecule has 0 atom stereocenters. The van der Waals surface area contributed by atoms with Gasteiger partial charge >= 0.3 is 0 Å². The molecule has 1 aliphatic rings. The van der Waals surface area contributed by atoms with E-state index in [1.165, 1.54) is 0 Å². The van der Waals surface area contributed by atoms with Crippen LogP contribution in [0.1, 0.15) is 27.2 Å². The number of rotatable bonds is 5. The van der Waals surface area contributed by atoms with E-state index in [9.17, 15) is 4.79 Å². The topological polar surface area (TPSA) is 54.5 Å². The highest BCUT2D eigenvalue weighted by Gasteiger charge is 2.18. The average Bonchev–Trinajstić information content (AvgIpc) is 2.94. The van der Waals surface area contributed by atoms with E-state index < -0.39 is 0 Å². The molecule has 5 heteroatoms. The van der Waals surface area contributed by atoms with Crippen molar-refractivity contribution in [2.24, 2.45) is 0 Å². The molecule has 28 heavy (non-hydrogen) atoms. The first-order valence-corrected chi connectivity index (χ1v) is 9.48. The van der Waals surface area contributed by atoms with Crippen LogP contribution in [0, 0.1) is 0 Å². The summed E-state index contributed by atoms with van der Waals surface area (Å²) in [5, 5.41) is 2.99. The van der Waals surface area contributed by atoms with Gasteiger partial charge < -0.3 is 10.1 Å². The molecule has 2 heterocycles. The average molecular weight is 373 g/mol. The van der Waals surface area contributed by atoms with Gasteiger partial charge in [-0.05, 0) is 35.9 Å². The second-order valence-corrected chi connectivity index (χ2v) is 6.87. The Labute approximate surface area is 165 Å². The van der Waals surface area contributed by atoms with Crippen molar-refractivity contribution in [3.63, 3.8) is 0 Å². The molecule has 2 aromatic carbocycles. The smallest absolute Gasteiger partial charge is 0.251 e. The molecule has 1 amide bonds. The number of amides is 1. The highest BCUT2D eigenvalue weighted by Crippen LogP contribution is 2.25. The van der Waals surface area contributed by atoms with E-state index in [2.05, 4.69) is 15.2 Å². The minimum Gasteiger partial charge on any atom is -0.492 e. The van der Waals surface area contributed by atoms with E-state index in [4.69, 9.17) is 4.74 Å². The summed E-state index contributed by atoms with van der Waals surface area (Å²) in [6, 6.07) is 21.5. The molecule has 1 aromatic heterocycles. The molecule has 0 spiro atoms. The van der Waals surface area contributed by atoms with Crippen LogP contribution in [-0.2, 0) is 19.6 Å². The Morgan fingerprint density at radius 2 is 1.93 bits per heavy atom. The van der Waals surface area contributed by atoms with E-state index >= 15 is 0 Å². The van der Waals surface area contributed by atoms with Crippen LogP contribution in [0.15, 0.2) is 72.9 Å². The van der Waals surface area contributed by atoms with Crippen LogP contribution >= 0.6 is 0 Å². The van der Waals surface area contributed by atoms with E-state index in [1.54, 1.807) is 0 Å². The number of carbonyl (C=O) groups excluding carboxylic acids is 1. The second-order valence-electron chi connectivity index (χ2n) is 6.87. The largest absolute Gasteiger partial charge is 0.492 e. The first-order valence-electron chi connectivity index (χ1n) is 9.48. The Balaban J connectivity index is 1.45. The Morgan fingerprint density at radius 1 is 1.07 bits per heavy atom. The lowest BCUT2D eigenvalue weighted by Crippen LogP contribution is -2.26. The van der Waals surface area contributed by atoms with Crippen LogP contribution < -0.4 is 10.1 Å². The summed E-state index contributed by atoms with van der Waals surface area (Å²) in [5.41, 5.74) is 3.79. The van der Waals surface area contributed by atoms with Gasteiger partial charge in [-0.2, -0.15) is 0 Å². The molecule has 0 unspecified atom stereocenters. The number of benzene rings is 2.